The molecule has 3 rings (SSSR count). The van der Waals surface area contributed by atoms with Gasteiger partial charge in [0.25, 0.3) is 0 Å². The van der Waals surface area contributed by atoms with Gasteiger partial charge >= 0.3 is 0 Å². The molecule has 1 fully saturated rings. The van der Waals surface area contributed by atoms with Crippen LogP contribution in [0.2, 0.25) is 0 Å². The molecular formula is C16H18BrNO2. The van der Waals surface area contributed by atoms with E-state index in [9.17, 15) is 0 Å². The Kier molecular flexibility index (Phi) is 4.13. The number of rotatable bonds is 6. The number of halogens is 1. The summed E-state index contributed by atoms with van der Waals surface area (Å²) in [4.78, 5) is 0. The molecule has 2 aromatic rings. The fourth-order valence-electron chi connectivity index (χ4n) is 2.07. The zero-order valence-corrected chi connectivity index (χ0v) is 13.1. The standard InChI is InChI=1S/C16H18BrNO2/c1-11-2-3-13(17)8-15(11)20-10-16-12(6-7-19-16)9-18-14-4-5-14/h2-3,6-8,14,18H,4-5,9-10H2,1H3. The molecule has 1 aromatic heterocycles. The summed E-state index contributed by atoms with van der Waals surface area (Å²) in [5.74, 6) is 1.79. The zero-order chi connectivity index (χ0) is 13.9. The maximum atomic E-state index is 5.87. The first-order chi connectivity index (χ1) is 9.72. The van der Waals surface area contributed by atoms with E-state index >= 15 is 0 Å². The maximum absolute atomic E-state index is 5.87. The first-order valence-electron chi connectivity index (χ1n) is 6.90. The third kappa shape index (κ3) is 3.44. The Morgan fingerprint density at radius 3 is 3.00 bits per heavy atom. The lowest BCUT2D eigenvalue weighted by Gasteiger charge is -2.09. The molecule has 1 heterocycles. The van der Waals surface area contributed by atoms with Crippen LogP contribution in [0.25, 0.3) is 0 Å². The number of furan rings is 1. The van der Waals surface area contributed by atoms with E-state index in [1.54, 1.807) is 6.26 Å². The summed E-state index contributed by atoms with van der Waals surface area (Å²) in [6.45, 7) is 3.36. The minimum absolute atomic E-state index is 0.464. The first kappa shape index (κ1) is 13.7. The van der Waals surface area contributed by atoms with Crippen LogP contribution in [0.1, 0.15) is 29.7 Å². The highest BCUT2D eigenvalue weighted by molar-refractivity contribution is 9.10. The van der Waals surface area contributed by atoms with Gasteiger partial charge in [0.2, 0.25) is 0 Å². The highest BCUT2D eigenvalue weighted by Gasteiger charge is 2.21. The summed E-state index contributed by atoms with van der Waals surface area (Å²) in [5, 5.41) is 3.50. The molecule has 1 N–H and O–H groups in total. The van der Waals surface area contributed by atoms with Gasteiger partial charge in [0, 0.05) is 22.6 Å². The summed E-state index contributed by atoms with van der Waals surface area (Å²) in [6, 6.07) is 8.75. The Balaban J connectivity index is 1.62. The fraction of sp³-hybridized carbons (Fsp3) is 0.375. The lowest BCUT2D eigenvalue weighted by Crippen LogP contribution is -2.16. The van der Waals surface area contributed by atoms with Crippen molar-refractivity contribution in [1.29, 1.82) is 0 Å². The number of benzene rings is 1. The molecule has 106 valence electrons. The molecule has 1 aliphatic rings. The predicted molar refractivity (Wildman–Crippen MR) is 81.8 cm³/mol. The van der Waals surface area contributed by atoms with Gasteiger partial charge in [0.15, 0.2) is 0 Å². The topological polar surface area (TPSA) is 34.4 Å². The molecule has 0 bridgehead atoms. The van der Waals surface area contributed by atoms with Gasteiger partial charge in [-0.3, -0.25) is 0 Å². The van der Waals surface area contributed by atoms with E-state index in [2.05, 4.69) is 21.2 Å². The third-order valence-corrected chi connectivity index (χ3v) is 4.00. The number of hydrogen-bond acceptors (Lipinski definition) is 3. The molecule has 1 aromatic carbocycles. The molecule has 4 heteroatoms. The zero-order valence-electron chi connectivity index (χ0n) is 11.5. The lowest BCUT2D eigenvalue weighted by molar-refractivity contribution is 0.266. The largest absolute Gasteiger partial charge is 0.485 e. The second-order valence-electron chi connectivity index (χ2n) is 5.22. The molecule has 0 spiro atoms. The summed E-state index contributed by atoms with van der Waals surface area (Å²) in [5.41, 5.74) is 2.31. The second-order valence-corrected chi connectivity index (χ2v) is 6.14. The SMILES string of the molecule is Cc1ccc(Br)cc1OCc1occc1CNC1CC1. The van der Waals surface area contributed by atoms with Crippen LogP contribution in [0.4, 0.5) is 0 Å². The molecule has 1 saturated carbocycles. The average Bonchev–Trinajstić information content (AvgIpc) is 3.16. The van der Waals surface area contributed by atoms with Gasteiger partial charge in [-0.2, -0.15) is 0 Å². The third-order valence-electron chi connectivity index (χ3n) is 3.51. The number of hydrogen-bond donors (Lipinski definition) is 1. The van der Waals surface area contributed by atoms with Crippen LogP contribution in [0, 0.1) is 6.92 Å². The fourth-order valence-corrected chi connectivity index (χ4v) is 2.41. The van der Waals surface area contributed by atoms with E-state index in [0.717, 1.165) is 28.1 Å². The van der Waals surface area contributed by atoms with Crippen molar-refractivity contribution in [3.8, 4) is 5.75 Å². The van der Waals surface area contributed by atoms with Crippen LogP contribution in [0.15, 0.2) is 39.4 Å². The first-order valence-corrected chi connectivity index (χ1v) is 7.69. The molecule has 0 atom stereocenters. The number of nitrogens with one attached hydrogen (secondary N) is 1. The van der Waals surface area contributed by atoms with Gasteiger partial charge in [-0.05, 0) is 43.5 Å². The summed E-state index contributed by atoms with van der Waals surface area (Å²) in [7, 11) is 0. The quantitative estimate of drug-likeness (QED) is 0.859. The van der Waals surface area contributed by atoms with Crippen molar-refractivity contribution in [3.63, 3.8) is 0 Å². The van der Waals surface area contributed by atoms with Gasteiger partial charge in [-0.25, -0.2) is 0 Å². The molecular weight excluding hydrogens is 318 g/mol. The van der Waals surface area contributed by atoms with E-state index in [1.807, 2.05) is 31.2 Å². The predicted octanol–water partition coefficient (Wildman–Crippen LogP) is 4.18. The Hall–Kier alpha value is -1.26. The van der Waals surface area contributed by atoms with Crippen molar-refractivity contribution in [2.45, 2.75) is 39.0 Å². The highest BCUT2D eigenvalue weighted by Crippen LogP contribution is 2.25. The number of ether oxygens (including phenoxy) is 1. The monoisotopic (exact) mass is 335 g/mol. The smallest absolute Gasteiger partial charge is 0.146 e. The van der Waals surface area contributed by atoms with Crippen molar-refractivity contribution in [1.82, 2.24) is 5.32 Å². The Bertz CT molecular complexity index is 590. The Morgan fingerprint density at radius 2 is 2.20 bits per heavy atom. The molecule has 1 aliphatic carbocycles. The lowest BCUT2D eigenvalue weighted by atomic mass is 10.2. The van der Waals surface area contributed by atoms with Crippen molar-refractivity contribution < 1.29 is 9.15 Å². The second kappa shape index (κ2) is 6.02. The molecule has 0 amide bonds. The van der Waals surface area contributed by atoms with E-state index in [0.29, 0.717) is 12.6 Å². The normalized spacial score (nSPS) is 14.5. The van der Waals surface area contributed by atoms with E-state index < -0.39 is 0 Å². The average molecular weight is 336 g/mol. The molecule has 20 heavy (non-hydrogen) atoms. The van der Waals surface area contributed by atoms with Crippen LogP contribution in [-0.4, -0.2) is 6.04 Å². The summed E-state index contributed by atoms with van der Waals surface area (Å²) >= 11 is 3.46. The minimum atomic E-state index is 0.464. The Labute approximate surface area is 127 Å². The van der Waals surface area contributed by atoms with Crippen LogP contribution in [0.3, 0.4) is 0 Å². The highest BCUT2D eigenvalue weighted by atomic mass is 79.9. The van der Waals surface area contributed by atoms with E-state index in [1.165, 1.54) is 18.4 Å². The maximum Gasteiger partial charge on any atom is 0.146 e. The van der Waals surface area contributed by atoms with Gasteiger partial charge in [-0.15, -0.1) is 0 Å². The number of aryl methyl sites for hydroxylation is 1. The van der Waals surface area contributed by atoms with Crippen LogP contribution < -0.4 is 10.1 Å². The van der Waals surface area contributed by atoms with Gasteiger partial charge in [-0.1, -0.05) is 22.0 Å². The van der Waals surface area contributed by atoms with Crippen molar-refractivity contribution >= 4 is 15.9 Å². The van der Waals surface area contributed by atoms with Gasteiger partial charge in [0.05, 0.1) is 6.26 Å². The van der Waals surface area contributed by atoms with Crippen LogP contribution >= 0.6 is 15.9 Å². The molecule has 0 unspecified atom stereocenters. The van der Waals surface area contributed by atoms with Gasteiger partial charge < -0.3 is 14.5 Å². The van der Waals surface area contributed by atoms with Crippen molar-refractivity contribution in [2.24, 2.45) is 0 Å². The summed E-state index contributed by atoms with van der Waals surface area (Å²) < 4.78 is 12.4. The van der Waals surface area contributed by atoms with Crippen LogP contribution in [-0.2, 0) is 13.2 Å². The molecule has 0 radical (unpaired) electrons. The van der Waals surface area contributed by atoms with Crippen LogP contribution in [0.5, 0.6) is 5.75 Å². The molecule has 3 nitrogen and oxygen atoms in total. The Morgan fingerprint density at radius 1 is 1.35 bits per heavy atom. The van der Waals surface area contributed by atoms with Crippen molar-refractivity contribution in [2.75, 3.05) is 0 Å². The molecule has 0 saturated heterocycles. The van der Waals surface area contributed by atoms with E-state index in [4.69, 9.17) is 9.15 Å². The van der Waals surface area contributed by atoms with E-state index in [-0.39, 0.29) is 0 Å². The minimum Gasteiger partial charge on any atom is -0.485 e. The van der Waals surface area contributed by atoms with Crippen molar-refractivity contribution in [3.05, 3.63) is 51.9 Å². The summed E-state index contributed by atoms with van der Waals surface area (Å²) in [6.07, 6.45) is 4.32. The van der Waals surface area contributed by atoms with Gasteiger partial charge in [0.1, 0.15) is 18.1 Å². The molecule has 0 aliphatic heterocycles.